The van der Waals surface area contributed by atoms with Gasteiger partial charge in [-0.2, -0.15) is 0 Å². The van der Waals surface area contributed by atoms with Crippen molar-refractivity contribution in [3.8, 4) is 11.1 Å². The first-order chi connectivity index (χ1) is 16.8. The van der Waals surface area contributed by atoms with E-state index >= 15 is 0 Å². The van der Waals surface area contributed by atoms with E-state index in [2.05, 4.69) is 29.6 Å². The van der Waals surface area contributed by atoms with Crippen molar-refractivity contribution in [3.05, 3.63) is 59.7 Å². The zero-order valence-electron chi connectivity index (χ0n) is 19.5. The summed E-state index contributed by atoms with van der Waals surface area (Å²) >= 11 is 0. The standard InChI is InChI=1S/C27H28N2O6/c1-26-13-27(14-26,24(31)32)29(15-26)23(30)21-10-34-12-22(21)28-25(33)35-11-20-18-8-4-2-6-16(18)17-7-3-5-9-19(17)20/h2-9,20-22H,10-15H2,1H3,(H,28,33)(H,31,32). The number of hydrogen-bond acceptors (Lipinski definition) is 5. The molecule has 35 heavy (non-hydrogen) atoms. The SMILES string of the molecule is CC12CN(C(=O)C3COCC3NC(=O)OCC3c4ccccc4-c4ccccc43)C(C(=O)O)(C1)C2. The maximum absolute atomic E-state index is 13.4. The average Bonchev–Trinajstić information content (AvgIpc) is 3.56. The number of carboxylic acids is 1. The number of rotatable bonds is 5. The van der Waals surface area contributed by atoms with E-state index in [1.54, 1.807) is 0 Å². The van der Waals surface area contributed by atoms with E-state index < -0.39 is 29.6 Å². The van der Waals surface area contributed by atoms with Crippen LogP contribution in [0.5, 0.6) is 0 Å². The van der Waals surface area contributed by atoms with Gasteiger partial charge < -0.3 is 24.8 Å². The monoisotopic (exact) mass is 476 g/mol. The molecule has 0 radical (unpaired) electrons. The molecule has 1 saturated carbocycles. The van der Waals surface area contributed by atoms with Crippen LogP contribution in [0.3, 0.4) is 0 Å². The van der Waals surface area contributed by atoms with Crippen molar-refractivity contribution in [1.82, 2.24) is 10.2 Å². The highest BCUT2D eigenvalue weighted by Gasteiger charge is 2.69. The molecule has 182 valence electrons. The summed E-state index contributed by atoms with van der Waals surface area (Å²) in [7, 11) is 0. The van der Waals surface area contributed by atoms with Crippen LogP contribution in [0.25, 0.3) is 11.1 Å². The molecule has 2 aromatic carbocycles. The molecule has 3 heterocycles. The Hall–Kier alpha value is -3.39. The van der Waals surface area contributed by atoms with E-state index in [0.29, 0.717) is 19.4 Å². The van der Waals surface area contributed by atoms with Crippen LogP contribution in [0.1, 0.15) is 36.8 Å². The number of alkyl carbamates (subject to hydrolysis) is 1. The zero-order valence-corrected chi connectivity index (χ0v) is 19.5. The summed E-state index contributed by atoms with van der Waals surface area (Å²) in [4.78, 5) is 39.6. The summed E-state index contributed by atoms with van der Waals surface area (Å²) in [5.41, 5.74) is 3.28. The number of nitrogens with zero attached hydrogens (tertiary/aromatic N) is 1. The molecule has 2 amide bonds. The second kappa shape index (κ2) is 7.81. The molecular weight excluding hydrogens is 448 g/mol. The fraction of sp³-hybridized carbons (Fsp3) is 0.444. The largest absolute Gasteiger partial charge is 0.479 e. The van der Waals surface area contributed by atoms with E-state index in [4.69, 9.17) is 9.47 Å². The van der Waals surface area contributed by atoms with Crippen LogP contribution in [0.2, 0.25) is 0 Å². The molecular formula is C27H28N2O6. The van der Waals surface area contributed by atoms with Crippen molar-refractivity contribution in [2.24, 2.45) is 11.3 Å². The van der Waals surface area contributed by atoms with Crippen LogP contribution in [-0.2, 0) is 19.1 Å². The van der Waals surface area contributed by atoms with Crippen molar-refractivity contribution in [2.75, 3.05) is 26.4 Å². The highest BCUT2D eigenvalue weighted by atomic mass is 16.5. The molecule has 0 spiro atoms. The number of aliphatic carboxylic acids is 1. The molecule has 4 fully saturated rings. The van der Waals surface area contributed by atoms with Gasteiger partial charge in [-0.15, -0.1) is 0 Å². The van der Waals surface area contributed by atoms with Crippen LogP contribution in [0, 0.1) is 11.3 Å². The van der Waals surface area contributed by atoms with Gasteiger partial charge in [0.1, 0.15) is 12.1 Å². The van der Waals surface area contributed by atoms with Gasteiger partial charge in [0, 0.05) is 12.5 Å². The molecule has 8 heteroatoms. The second-order valence-electron chi connectivity index (χ2n) is 10.6. The lowest BCUT2D eigenvalue weighted by atomic mass is 9.63. The predicted molar refractivity (Wildman–Crippen MR) is 126 cm³/mol. The third kappa shape index (κ3) is 3.34. The topological polar surface area (TPSA) is 105 Å². The van der Waals surface area contributed by atoms with Gasteiger partial charge in [0.25, 0.3) is 0 Å². The summed E-state index contributed by atoms with van der Waals surface area (Å²) in [6, 6.07) is 15.7. The minimum atomic E-state index is -1.12. The number of amides is 2. The molecule has 3 aliphatic heterocycles. The fourth-order valence-corrected chi connectivity index (χ4v) is 6.68. The lowest BCUT2D eigenvalue weighted by Crippen LogP contribution is -2.58. The highest BCUT2D eigenvalue weighted by Crippen LogP contribution is 2.59. The third-order valence-electron chi connectivity index (χ3n) is 8.20. The smallest absolute Gasteiger partial charge is 0.407 e. The van der Waals surface area contributed by atoms with Gasteiger partial charge in [0.15, 0.2) is 0 Å². The van der Waals surface area contributed by atoms with Gasteiger partial charge >= 0.3 is 12.1 Å². The Bertz CT molecular complexity index is 1170. The van der Waals surface area contributed by atoms with E-state index in [0.717, 1.165) is 22.3 Å². The quantitative estimate of drug-likeness (QED) is 0.688. The lowest BCUT2D eigenvalue weighted by molar-refractivity contribution is -0.161. The van der Waals surface area contributed by atoms with Crippen LogP contribution in [-0.4, -0.2) is 65.9 Å². The number of hydrogen-bond donors (Lipinski definition) is 2. The minimum Gasteiger partial charge on any atom is -0.479 e. The Kier molecular flexibility index (Phi) is 4.93. The Morgan fingerprint density at radius 1 is 1.06 bits per heavy atom. The van der Waals surface area contributed by atoms with Crippen molar-refractivity contribution in [1.29, 1.82) is 0 Å². The number of carboxylic acid groups (broad SMARTS) is 1. The van der Waals surface area contributed by atoms with Crippen molar-refractivity contribution in [2.45, 2.75) is 37.3 Å². The number of ether oxygens (including phenoxy) is 2. The predicted octanol–water partition coefficient (Wildman–Crippen LogP) is 3.01. The van der Waals surface area contributed by atoms with Crippen LogP contribution < -0.4 is 5.32 Å². The molecule has 2 aliphatic carbocycles. The molecule has 8 nitrogen and oxygen atoms in total. The zero-order chi connectivity index (χ0) is 24.4. The van der Waals surface area contributed by atoms with E-state index in [1.165, 1.54) is 4.90 Å². The Balaban J connectivity index is 1.12. The molecule has 2 unspecified atom stereocenters. The fourth-order valence-electron chi connectivity index (χ4n) is 6.68. The van der Waals surface area contributed by atoms with Crippen molar-refractivity contribution < 1.29 is 29.0 Å². The molecule has 0 aromatic heterocycles. The van der Waals surface area contributed by atoms with Crippen LogP contribution >= 0.6 is 0 Å². The average molecular weight is 477 g/mol. The molecule has 5 aliphatic rings. The summed E-state index contributed by atoms with van der Waals surface area (Å²) in [5, 5.41) is 12.6. The molecule has 2 bridgehead atoms. The summed E-state index contributed by atoms with van der Waals surface area (Å²) in [6.45, 7) is 2.95. The van der Waals surface area contributed by atoms with Gasteiger partial charge in [-0.3, -0.25) is 4.79 Å². The van der Waals surface area contributed by atoms with Crippen LogP contribution in [0.4, 0.5) is 4.79 Å². The van der Waals surface area contributed by atoms with Crippen LogP contribution in [0.15, 0.2) is 48.5 Å². The highest BCUT2D eigenvalue weighted by molar-refractivity contribution is 5.91. The first kappa shape index (κ1) is 22.1. The molecule has 7 rings (SSSR count). The molecule has 3 saturated heterocycles. The summed E-state index contributed by atoms with van der Waals surface area (Å²) in [6.07, 6.45) is 0.337. The number of carbonyl (C=O) groups excluding carboxylic acids is 2. The Morgan fingerprint density at radius 3 is 2.31 bits per heavy atom. The number of fused-ring (bicyclic) bond motifs is 4. The van der Waals surface area contributed by atoms with Gasteiger partial charge in [-0.05, 0) is 40.5 Å². The van der Waals surface area contributed by atoms with Gasteiger partial charge in [0.2, 0.25) is 5.91 Å². The van der Waals surface area contributed by atoms with E-state index in [9.17, 15) is 19.5 Å². The Labute approximate surface area is 203 Å². The summed E-state index contributed by atoms with van der Waals surface area (Å²) < 4.78 is 11.2. The first-order valence-electron chi connectivity index (χ1n) is 12.1. The van der Waals surface area contributed by atoms with Crippen molar-refractivity contribution >= 4 is 18.0 Å². The van der Waals surface area contributed by atoms with E-state index in [-0.39, 0.29) is 37.1 Å². The maximum Gasteiger partial charge on any atom is 0.407 e. The van der Waals surface area contributed by atoms with Gasteiger partial charge in [-0.25, -0.2) is 9.59 Å². The molecule has 2 N–H and O–H groups in total. The third-order valence-corrected chi connectivity index (χ3v) is 8.20. The lowest BCUT2D eigenvalue weighted by Gasteiger charge is -2.43. The van der Waals surface area contributed by atoms with E-state index in [1.807, 2.05) is 31.2 Å². The van der Waals surface area contributed by atoms with Gasteiger partial charge in [-0.1, -0.05) is 55.5 Å². The number of carbonyl (C=O) groups is 3. The maximum atomic E-state index is 13.4. The Morgan fingerprint density at radius 2 is 1.69 bits per heavy atom. The van der Waals surface area contributed by atoms with Gasteiger partial charge in [0.05, 0.1) is 25.2 Å². The minimum absolute atomic E-state index is 0.0574. The normalized spacial score (nSPS) is 30.4. The number of benzene rings is 2. The summed E-state index contributed by atoms with van der Waals surface area (Å²) in [5.74, 6) is -1.91. The molecule has 2 atom stereocenters. The number of nitrogens with one attached hydrogen (secondary N) is 1. The molecule has 2 aromatic rings. The second-order valence-corrected chi connectivity index (χ2v) is 10.6. The van der Waals surface area contributed by atoms with Crippen molar-refractivity contribution in [3.63, 3.8) is 0 Å². The first-order valence-corrected chi connectivity index (χ1v) is 12.1.